The number of esters is 1. The predicted octanol–water partition coefficient (Wildman–Crippen LogP) is 0.605. The summed E-state index contributed by atoms with van der Waals surface area (Å²) in [5.74, 6) is -2.09. The van der Waals surface area contributed by atoms with Gasteiger partial charge in [0.15, 0.2) is 0 Å². The molecule has 6 nitrogen and oxygen atoms in total. The second-order valence-corrected chi connectivity index (χ2v) is 3.95. The van der Waals surface area contributed by atoms with Gasteiger partial charge < -0.3 is 15.2 Å². The van der Waals surface area contributed by atoms with Crippen molar-refractivity contribution in [3.8, 4) is 0 Å². The Bertz CT molecular complexity index is 498. The van der Waals surface area contributed by atoms with E-state index in [1.54, 1.807) is 18.2 Å². The van der Waals surface area contributed by atoms with Gasteiger partial charge in [0.05, 0.1) is 19.1 Å². The van der Waals surface area contributed by atoms with E-state index >= 15 is 0 Å². The summed E-state index contributed by atoms with van der Waals surface area (Å²) < 4.78 is 4.48. The van der Waals surface area contributed by atoms with Gasteiger partial charge in [0.2, 0.25) is 5.91 Å². The third-order valence-electron chi connectivity index (χ3n) is 2.53. The SMILES string of the molecule is COC(=O)C(C)NC(=O)Cc1ccccc1C(=O)O. The first-order valence-electron chi connectivity index (χ1n) is 5.64. The molecule has 0 spiro atoms. The zero-order valence-corrected chi connectivity index (χ0v) is 10.7. The van der Waals surface area contributed by atoms with Crippen LogP contribution >= 0.6 is 0 Å². The third kappa shape index (κ3) is 4.09. The quantitative estimate of drug-likeness (QED) is 0.761. The number of aromatic carboxylic acids is 1. The van der Waals surface area contributed by atoms with E-state index in [2.05, 4.69) is 10.1 Å². The van der Waals surface area contributed by atoms with Crippen LogP contribution in [0.5, 0.6) is 0 Å². The summed E-state index contributed by atoms with van der Waals surface area (Å²) in [6.45, 7) is 1.49. The number of rotatable bonds is 5. The van der Waals surface area contributed by atoms with Gasteiger partial charge in [-0.25, -0.2) is 9.59 Å². The van der Waals surface area contributed by atoms with Crippen LogP contribution in [0.1, 0.15) is 22.8 Å². The van der Waals surface area contributed by atoms with E-state index in [9.17, 15) is 14.4 Å². The largest absolute Gasteiger partial charge is 0.478 e. The number of ether oxygens (including phenoxy) is 1. The number of carbonyl (C=O) groups excluding carboxylic acids is 2. The van der Waals surface area contributed by atoms with Gasteiger partial charge in [-0.2, -0.15) is 0 Å². The molecule has 1 atom stereocenters. The standard InChI is InChI=1S/C13H15NO5/c1-8(13(18)19-2)14-11(15)7-9-5-3-4-6-10(9)12(16)17/h3-6,8H,7H2,1-2H3,(H,14,15)(H,16,17). The molecule has 6 heteroatoms. The van der Waals surface area contributed by atoms with Crippen molar-refractivity contribution >= 4 is 17.8 Å². The molecule has 2 N–H and O–H groups in total. The minimum absolute atomic E-state index is 0.0726. The average molecular weight is 265 g/mol. The van der Waals surface area contributed by atoms with Gasteiger partial charge in [0.1, 0.15) is 6.04 Å². The summed E-state index contributed by atoms with van der Waals surface area (Å²) in [6, 6.07) is 5.45. The van der Waals surface area contributed by atoms with E-state index in [1.165, 1.54) is 20.1 Å². The zero-order valence-electron chi connectivity index (χ0n) is 10.7. The van der Waals surface area contributed by atoms with E-state index in [1.807, 2.05) is 0 Å². The molecular weight excluding hydrogens is 250 g/mol. The smallest absolute Gasteiger partial charge is 0.335 e. The molecule has 0 saturated heterocycles. The molecule has 0 radical (unpaired) electrons. The molecule has 0 bridgehead atoms. The number of carboxylic acid groups (broad SMARTS) is 1. The first-order chi connectivity index (χ1) is 8.95. The maximum atomic E-state index is 11.7. The maximum absolute atomic E-state index is 11.7. The van der Waals surface area contributed by atoms with Crippen LogP contribution in [0.15, 0.2) is 24.3 Å². The van der Waals surface area contributed by atoms with Gasteiger partial charge in [-0.15, -0.1) is 0 Å². The van der Waals surface area contributed by atoms with Crippen LogP contribution in [0.4, 0.5) is 0 Å². The van der Waals surface area contributed by atoms with Crippen LogP contribution < -0.4 is 5.32 Å². The number of amides is 1. The molecule has 1 aromatic rings. The number of benzene rings is 1. The first kappa shape index (κ1) is 14.7. The summed E-state index contributed by atoms with van der Waals surface area (Å²) in [4.78, 5) is 33.8. The minimum Gasteiger partial charge on any atom is -0.478 e. The molecule has 0 aliphatic heterocycles. The summed E-state index contributed by atoms with van der Waals surface area (Å²) in [7, 11) is 1.23. The van der Waals surface area contributed by atoms with Crippen LogP contribution in [0, 0.1) is 0 Å². The van der Waals surface area contributed by atoms with Crippen LogP contribution in [0.3, 0.4) is 0 Å². The molecule has 102 valence electrons. The van der Waals surface area contributed by atoms with Crippen molar-refractivity contribution in [1.29, 1.82) is 0 Å². The summed E-state index contributed by atoms with van der Waals surface area (Å²) in [5.41, 5.74) is 0.466. The predicted molar refractivity (Wildman–Crippen MR) is 66.7 cm³/mol. The molecule has 0 aliphatic rings. The van der Waals surface area contributed by atoms with Crippen LogP contribution in [-0.2, 0) is 20.7 Å². The fourth-order valence-electron chi connectivity index (χ4n) is 1.58. The van der Waals surface area contributed by atoms with Gasteiger partial charge in [-0.05, 0) is 18.6 Å². The Kier molecular flexibility index (Phi) is 5.05. The van der Waals surface area contributed by atoms with Gasteiger partial charge in [0.25, 0.3) is 0 Å². The second-order valence-electron chi connectivity index (χ2n) is 3.95. The monoisotopic (exact) mass is 265 g/mol. The molecule has 0 aliphatic carbocycles. The Hall–Kier alpha value is -2.37. The Morgan fingerprint density at radius 3 is 2.53 bits per heavy atom. The van der Waals surface area contributed by atoms with Crippen molar-refractivity contribution in [2.45, 2.75) is 19.4 Å². The fraction of sp³-hybridized carbons (Fsp3) is 0.308. The number of carbonyl (C=O) groups is 3. The Morgan fingerprint density at radius 1 is 1.32 bits per heavy atom. The first-order valence-corrected chi connectivity index (χ1v) is 5.64. The average Bonchev–Trinajstić information content (AvgIpc) is 2.37. The second kappa shape index (κ2) is 6.53. The number of hydrogen-bond acceptors (Lipinski definition) is 4. The summed E-state index contributed by atoms with van der Waals surface area (Å²) >= 11 is 0. The van der Waals surface area contributed by atoms with Crippen molar-refractivity contribution < 1.29 is 24.2 Å². The Morgan fingerprint density at radius 2 is 1.95 bits per heavy atom. The third-order valence-corrected chi connectivity index (χ3v) is 2.53. The number of carboxylic acids is 1. The topological polar surface area (TPSA) is 92.7 Å². The van der Waals surface area contributed by atoms with E-state index in [0.29, 0.717) is 5.56 Å². The lowest BCUT2D eigenvalue weighted by molar-refractivity contribution is -0.144. The minimum atomic E-state index is -1.09. The van der Waals surface area contributed by atoms with Crippen LogP contribution in [0.2, 0.25) is 0 Å². The highest BCUT2D eigenvalue weighted by Crippen LogP contribution is 2.09. The molecule has 0 aromatic heterocycles. The Labute approximate surface area is 110 Å². The van der Waals surface area contributed by atoms with Crippen molar-refractivity contribution in [1.82, 2.24) is 5.32 Å². The van der Waals surface area contributed by atoms with Crippen LogP contribution in [-0.4, -0.2) is 36.1 Å². The lowest BCUT2D eigenvalue weighted by Crippen LogP contribution is -2.40. The lowest BCUT2D eigenvalue weighted by Gasteiger charge is -2.12. The van der Waals surface area contributed by atoms with Gasteiger partial charge >= 0.3 is 11.9 Å². The maximum Gasteiger partial charge on any atom is 0.335 e. The normalized spacial score (nSPS) is 11.5. The van der Waals surface area contributed by atoms with Crippen molar-refractivity contribution in [2.75, 3.05) is 7.11 Å². The van der Waals surface area contributed by atoms with E-state index in [4.69, 9.17) is 5.11 Å². The highest BCUT2D eigenvalue weighted by molar-refractivity contribution is 5.92. The lowest BCUT2D eigenvalue weighted by atomic mass is 10.0. The molecule has 19 heavy (non-hydrogen) atoms. The molecule has 1 aromatic carbocycles. The van der Waals surface area contributed by atoms with E-state index in [-0.39, 0.29) is 12.0 Å². The highest BCUT2D eigenvalue weighted by atomic mass is 16.5. The van der Waals surface area contributed by atoms with Gasteiger partial charge in [-0.1, -0.05) is 18.2 Å². The van der Waals surface area contributed by atoms with Gasteiger partial charge in [0, 0.05) is 0 Å². The number of nitrogens with one attached hydrogen (secondary N) is 1. The molecule has 0 saturated carbocycles. The summed E-state index contributed by atoms with van der Waals surface area (Å²) in [6.07, 6.45) is -0.107. The van der Waals surface area contributed by atoms with Crippen molar-refractivity contribution in [3.63, 3.8) is 0 Å². The van der Waals surface area contributed by atoms with E-state index in [0.717, 1.165) is 0 Å². The van der Waals surface area contributed by atoms with Gasteiger partial charge in [-0.3, -0.25) is 4.79 Å². The number of methoxy groups -OCH3 is 1. The molecule has 0 heterocycles. The Balaban J connectivity index is 2.72. The zero-order chi connectivity index (χ0) is 14.4. The summed E-state index contributed by atoms with van der Waals surface area (Å²) in [5, 5.41) is 11.4. The fourth-order valence-corrected chi connectivity index (χ4v) is 1.58. The molecule has 1 unspecified atom stereocenters. The van der Waals surface area contributed by atoms with Crippen molar-refractivity contribution in [2.24, 2.45) is 0 Å². The number of hydrogen-bond donors (Lipinski definition) is 2. The van der Waals surface area contributed by atoms with Crippen LogP contribution in [0.25, 0.3) is 0 Å². The van der Waals surface area contributed by atoms with Crippen molar-refractivity contribution in [3.05, 3.63) is 35.4 Å². The van der Waals surface area contributed by atoms with E-state index < -0.39 is 23.9 Å². The molecule has 1 rings (SSSR count). The highest BCUT2D eigenvalue weighted by Gasteiger charge is 2.17. The molecular formula is C13H15NO5. The molecule has 0 fully saturated rings. The molecule has 1 amide bonds.